The number of carbonyl (C=O) groups excluding carboxylic acids is 2. The number of hydrogen-bond acceptors (Lipinski definition) is 6. The standard InChI is InChI=1S/C33H42F3N3O5/c34-33(35,36)32(42)39-18-6-7-28(39)30(41)37-20-23-8-14-26(15-9-23)31-43-27(21-38-16-4-2-1-3-5-17-38)19-29(44-31)25-12-10-24(22-40)11-13-25/h8-15,27-29,31,40H,1-7,16-22H2,(H,37,41). The third-order valence-electron chi connectivity index (χ3n) is 8.80. The number of benzene rings is 2. The van der Waals surface area contributed by atoms with E-state index in [2.05, 4.69) is 10.2 Å². The molecule has 0 radical (unpaired) electrons. The lowest BCUT2D eigenvalue weighted by atomic mass is 9.99. The zero-order valence-electron chi connectivity index (χ0n) is 24.9. The fraction of sp³-hybridized carbons (Fsp3) is 0.576. The van der Waals surface area contributed by atoms with Gasteiger partial charge in [0, 0.05) is 31.6 Å². The minimum absolute atomic E-state index is 0.0213. The van der Waals surface area contributed by atoms with Gasteiger partial charge in [-0.25, -0.2) is 0 Å². The van der Waals surface area contributed by atoms with Crippen LogP contribution in [0, 0.1) is 0 Å². The molecule has 0 spiro atoms. The SMILES string of the molecule is O=C(NCc1ccc(C2OC(CN3CCCCCCC3)CC(c3ccc(CO)cc3)O2)cc1)C1CCCN1C(=O)C(F)(F)F. The minimum Gasteiger partial charge on any atom is -0.392 e. The van der Waals surface area contributed by atoms with E-state index >= 15 is 0 Å². The molecule has 3 aliphatic rings. The molecule has 0 saturated carbocycles. The lowest BCUT2D eigenvalue weighted by Gasteiger charge is -2.38. The van der Waals surface area contributed by atoms with E-state index in [0.717, 1.165) is 41.9 Å². The maximum absolute atomic E-state index is 12.9. The van der Waals surface area contributed by atoms with Crippen LogP contribution in [-0.2, 0) is 32.2 Å². The molecule has 0 aromatic heterocycles. The second-order valence-corrected chi connectivity index (χ2v) is 12.0. The van der Waals surface area contributed by atoms with Crippen molar-refractivity contribution in [2.75, 3.05) is 26.2 Å². The van der Waals surface area contributed by atoms with Gasteiger partial charge in [-0.2, -0.15) is 13.2 Å². The van der Waals surface area contributed by atoms with E-state index in [1.165, 1.54) is 32.1 Å². The van der Waals surface area contributed by atoms with Gasteiger partial charge >= 0.3 is 12.1 Å². The van der Waals surface area contributed by atoms with Gasteiger partial charge in [0.25, 0.3) is 0 Å². The predicted molar refractivity (Wildman–Crippen MR) is 157 cm³/mol. The summed E-state index contributed by atoms with van der Waals surface area (Å²) in [5.74, 6) is -2.57. The second-order valence-electron chi connectivity index (χ2n) is 12.0. The Kier molecular flexibility index (Phi) is 10.9. The molecule has 2 N–H and O–H groups in total. The number of carbonyl (C=O) groups is 2. The molecular formula is C33H42F3N3O5. The van der Waals surface area contributed by atoms with Crippen LogP contribution in [-0.4, -0.2) is 71.2 Å². The van der Waals surface area contributed by atoms with Crippen LogP contribution in [0.2, 0.25) is 0 Å². The Hall–Kier alpha value is -2.99. The second kappa shape index (κ2) is 14.9. The highest BCUT2D eigenvalue weighted by Crippen LogP contribution is 2.38. The van der Waals surface area contributed by atoms with Gasteiger partial charge in [0.05, 0.1) is 18.8 Å². The third-order valence-corrected chi connectivity index (χ3v) is 8.80. The molecule has 4 atom stereocenters. The number of alkyl halides is 3. The van der Waals surface area contributed by atoms with Crippen molar-refractivity contribution in [3.05, 3.63) is 70.8 Å². The summed E-state index contributed by atoms with van der Waals surface area (Å²) in [4.78, 5) is 27.5. The fourth-order valence-electron chi connectivity index (χ4n) is 6.36. The predicted octanol–water partition coefficient (Wildman–Crippen LogP) is 5.16. The molecule has 2 amide bonds. The van der Waals surface area contributed by atoms with Crippen molar-refractivity contribution in [2.45, 2.75) is 95.2 Å². The van der Waals surface area contributed by atoms with Gasteiger partial charge in [-0.15, -0.1) is 0 Å². The average Bonchev–Trinajstić information content (AvgIpc) is 3.50. The summed E-state index contributed by atoms with van der Waals surface area (Å²) in [7, 11) is 0. The molecule has 3 aliphatic heterocycles. The minimum atomic E-state index is -5.00. The van der Waals surface area contributed by atoms with Crippen LogP contribution in [0.3, 0.4) is 0 Å². The molecule has 8 nitrogen and oxygen atoms in total. The highest BCUT2D eigenvalue weighted by atomic mass is 19.4. The molecule has 4 unspecified atom stereocenters. The van der Waals surface area contributed by atoms with Crippen LogP contribution in [0.4, 0.5) is 13.2 Å². The van der Waals surface area contributed by atoms with Crippen molar-refractivity contribution < 1.29 is 37.3 Å². The maximum Gasteiger partial charge on any atom is 0.471 e. The highest BCUT2D eigenvalue weighted by Gasteiger charge is 2.47. The van der Waals surface area contributed by atoms with Crippen LogP contribution in [0.1, 0.15) is 86.0 Å². The number of ether oxygens (including phenoxy) is 2. The van der Waals surface area contributed by atoms with Crippen molar-refractivity contribution in [2.24, 2.45) is 0 Å². The molecule has 0 bridgehead atoms. The Morgan fingerprint density at radius 3 is 2.14 bits per heavy atom. The van der Waals surface area contributed by atoms with Crippen LogP contribution in [0.25, 0.3) is 0 Å². The van der Waals surface area contributed by atoms with Crippen LogP contribution < -0.4 is 5.32 Å². The van der Waals surface area contributed by atoms with Gasteiger partial charge in [-0.05, 0) is 55.5 Å². The van der Waals surface area contributed by atoms with E-state index in [0.29, 0.717) is 17.7 Å². The van der Waals surface area contributed by atoms with E-state index < -0.39 is 30.3 Å². The first-order chi connectivity index (χ1) is 21.2. The van der Waals surface area contributed by atoms with Gasteiger partial charge in [0.1, 0.15) is 6.04 Å². The Labute approximate surface area is 256 Å². The molecule has 2 aromatic carbocycles. The van der Waals surface area contributed by atoms with Crippen LogP contribution in [0.5, 0.6) is 0 Å². The molecule has 240 valence electrons. The van der Waals surface area contributed by atoms with Gasteiger partial charge in [0.15, 0.2) is 6.29 Å². The highest BCUT2D eigenvalue weighted by molar-refractivity contribution is 5.90. The molecule has 3 heterocycles. The molecule has 3 fully saturated rings. The van der Waals surface area contributed by atoms with Gasteiger partial charge < -0.3 is 29.7 Å². The van der Waals surface area contributed by atoms with Crippen molar-refractivity contribution in [1.29, 1.82) is 0 Å². The lowest BCUT2D eigenvalue weighted by molar-refractivity contribution is -0.253. The Balaban J connectivity index is 1.23. The van der Waals surface area contributed by atoms with Gasteiger partial charge in [-0.1, -0.05) is 67.8 Å². The Morgan fingerprint density at radius 1 is 0.841 bits per heavy atom. The molecule has 0 aliphatic carbocycles. The number of amides is 2. The summed E-state index contributed by atoms with van der Waals surface area (Å²) in [6.07, 6.45) is 1.61. The number of halogens is 3. The third kappa shape index (κ3) is 8.38. The van der Waals surface area contributed by atoms with Gasteiger partial charge in [-0.3, -0.25) is 9.59 Å². The van der Waals surface area contributed by atoms with E-state index in [9.17, 15) is 27.9 Å². The largest absolute Gasteiger partial charge is 0.471 e. The van der Waals surface area contributed by atoms with Crippen molar-refractivity contribution in [3.63, 3.8) is 0 Å². The number of aliphatic hydroxyl groups excluding tert-OH is 1. The summed E-state index contributed by atoms with van der Waals surface area (Å²) in [5, 5.41) is 12.2. The first-order valence-electron chi connectivity index (χ1n) is 15.7. The summed E-state index contributed by atoms with van der Waals surface area (Å²) in [5.41, 5.74) is 3.45. The fourth-order valence-corrected chi connectivity index (χ4v) is 6.36. The van der Waals surface area contributed by atoms with Crippen LogP contribution >= 0.6 is 0 Å². The van der Waals surface area contributed by atoms with Crippen molar-refractivity contribution in [3.8, 4) is 0 Å². The number of likely N-dealkylation sites (tertiary alicyclic amines) is 2. The normalized spacial score (nSPS) is 25.3. The summed E-state index contributed by atoms with van der Waals surface area (Å²) in [6, 6.07) is 14.1. The Morgan fingerprint density at radius 2 is 1.48 bits per heavy atom. The molecular weight excluding hydrogens is 575 g/mol. The summed E-state index contributed by atoms with van der Waals surface area (Å²) >= 11 is 0. The maximum atomic E-state index is 12.9. The van der Waals surface area contributed by atoms with E-state index in [1.54, 1.807) is 0 Å². The quantitative estimate of drug-likeness (QED) is 0.426. The van der Waals surface area contributed by atoms with Crippen molar-refractivity contribution >= 4 is 11.8 Å². The summed E-state index contributed by atoms with van der Waals surface area (Å²) < 4.78 is 51.8. The van der Waals surface area contributed by atoms with E-state index in [-0.39, 0.29) is 38.3 Å². The molecule has 2 aromatic rings. The average molecular weight is 618 g/mol. The first-order valence-corrected chi connectivity index (χ1v) is 15.7. The smallest absolute Gasteiger partial charge is 0.392 e. The molecule has 5 rings (SSSR count). The lowest BCUT2D eigenvalue weighted by Crippen LogP contribution is -2.50. The number of nitrogens with one attached hydrogen (secondary N) is 1. The van der Waals surface area contributed by atoms with Crippen LogP contribution in [0.15, 0.2) is 48.5 Å². The topological polar surface area (TPSA) is 91.3 Å². The van der Waals surface area contributed by atoms with E-state index in [4.69, 9.17) is 9.47 Å². The Bertz CT molecular complexity index is 1230. The number of aliphatic hydroxyl groups is 1. The number of rotatable bonds is 8. The summed E-state index contributed by atoms with van der Waals surface area (Å²) in [6.45, 7) is 2.96. The van der Waals surface area contributed by atoms with Gasteiger partial charge in [0.2, 0.25) is 5.91 Å². The zero-order chi connectivity index (χ0) is 31.1. The van der Waals surface area contributed by atoms with E-state index in [1.807, 2.05) is 48.5 Å². The molecule has 11 heteroatoms. The van der Waals surface area contributed by atoms with Crippen molar-refractivity contribution in [1.82, 2.24) is 15.1 Å². The molecule has 44 heavy (non-hydrogen) atoms. The molecule has 3 saturated heterocycles. The number of nitrogens with zero attached hydrogens (tertiary/aromatic N) is 2. The zero-order valence-corrected chi connectivity index (χ0v) is 24.9. The number of hydrogen-bond donors (Lipinski definition) is 2. The first kappa shape index (κ1) is 32.4. The monoisotopic (exact) mass is 617 g/mol.